The molecular formula is C16H19BrN4OS. The fraction of sp³-hybridized carbons (Fsp3) is 0.312. The highest BCUT2D eigenvalue weighted by Crippen LogP contribution is 2.25. The van der Waals surface area contributed by atoms with Crippen LogP contribution in [0.15, 0.2) is 34.4 Å². The Morgan fingerprint density at radius 2 is 2.00 bits per heavy atom. The molecule has 1 heterocycles. The Hall–Kier alpha value is -1.60. The summed E-state index contributed by atoms with van der Waals surface area (Å²) < 4.78 is 2.94. The van der Waals surface area contributed by atoms with Gasteiger partial charge >= 0.3 is 0 Å². The number of halogens is 1. The van der Waals surface area contributed by atoms with E-state index in [0.717, 1.165) is 32.3 Å². The molecule has 122 valence electrons. The Morgan fingerprint density at radius 1 is 1.35 bits per heavy atom. The first kappa shape index (κ1) is 17.7. The summed E-state index contributed by atoms with van der Waals surface area (Å²) in [6, 6.07) is 3.97. The molecule has 1 aromatic carbocycles. The van der Waals surface area contributed by atoms with Crippen LogP contribution in [0.3, 0.4) is 0 Å². The van der Waals surface area contributed by atoms with E-state index in [0.29, 0.717) is 6.54 Å². The number of hydrogen-bond acceptors (Lipinski definition) is 4. The van der Waals surface area contributed by atoms with Gasteiger partial charge in [-0.2, -0.15) is 0 Å². The van der Waals surface area contributed by atoms with E-state index in [1.165, 1.54) is 11.8 Å². The number of rotatable bonds is 6. The number of aromatic nitrogens is 3. The van der Waals surface area contributed by atoms with E-state index in [-0.39, 0.29) is 11.7 Å². The van der Waals surface area contributed by atoms with E-state index in [1.54, 1.807) is 6.08 Å². The maximum Gasteiger partial charge on any atom is 0.234 e. The zero-order chi connectivity index (χ0) is 17.0. The largest absolute Gasteiger partial charge is 0.325 e. The van der Waals surface area contributed by atoms with E-state index < -0.39 is 0 Å². The molecule has 2 rings (SSSR count). The van der Waals surface area contributed by atoms with Crippen molar-refractivity contribution in [2.24, 2.45) is 0 Å². The average Bonchev–Trinajstić information content (AvgIpc) is 2.82. The summed E-state index contributed by atoms with van der Waals surface area (Å²) >= 11 is 4.83. The van der Waals surface area contributed by atoms with Gasteiger partial charge in [0.15, 0.2) is 5.16 Å². The predicted octanol–water partition coefficient (Wildman–Crippen LogP) is 3.88. The summed E-state index contributed by atoms with van der Waals surface area (Å²) in [5, 5.41) is 11.8. The van der Waals surface area contributed by atoms with Crippen molar-refractivity contribution in [3.63, 3.8) is 0 Å². The summed E-state index contributed by atoms with van der Waals surface area (Å²) in [6.45, 7) is 10.2. The summed E-state index contributed by atoms with van der Waals surface area (Å²) in [6.07, 6.45) is 1.79. The van der Waals surface area contributed by atoms with Crippen LogP contribution in [-0.4, -0.2) is 26.4 Å². The Morgan fingerprint density at radius 3 is 2.61 bits per heavy atom. The average molecular weight is 395 g/mol. The van der Waals surface area contributed by atoms with E-state index in [9.17, 15) is 4.79 Å². The second-order valence-electron chi connectivity index (χ2n) is 5.18. The Labute approximate surface area is 148 Å². The number of benzene rings is 1. The van der Waals surface area contributed by atoms with Crippen molar-refractivity contribution in [3.8, 4) is 0 Å². The molecule has 2 aromatic rings. The molecule has 1 amide bonds. The van der Waals surface area contributed by atoms with Crippen LogP contribution >= 0.6 is 27.7 Å². The van der Waals surface area contributed by atoms with Crippen molar-refractivity contribution in [2.45, 2.75) is 32.5 Å². The van der Waals surface area contributed by atoms with Crippen molar-refractivity contribution in [1.82, 2.24) is 14.8 Å². The topological polar surface area (TPSA) is 59.8 Å². The molecule has 0 fully saturated rings. The Kier molecular flexibility index (Phi) is 6.01. The first-order chi connectivity index (χ1) is 10.9. The highest BCUT2D eigenvalue weighted by atomic mass is 79.9. The van der Waals surface area contributed by atoms with Gasteiger partial charge in [-0.1, -0.05) is 33.8 Å². The minimum absolute atomic E-state index is 0.0608. The summed E-state index contributed by atoms with van der Waals surface area (Å²) in [5.41, 5.74) is 2.92. The lowest BCUT2D eigenvalue weighted by Gasteiger charge is -2.12. The number of carbonyl (C=O) groups excluding carboxylic acids is 1. The second-order valence-corrected chi connectivity index (χ2v) is 7.04. The van der Waals surface area contributed by atoms with Crippen LogP contribution in [-0.2, 0) is 11.3 Å². The third-order valence-corrected chi connectivity index (χ3v) is 4.73. The van der Waals surface area contributed by atoms with Crippen LogP contribution in [0.25, 0.3) is 0 Å². The molecule has 0 spiro atoms. The Bertz CT molecular complexity index is 719. The van der Waals surface area contributed by atoms with Crippen molar-refractivity contribution in [2.75, 3.05) is 11.1 Å². The number of thioether (sulfide) groups is 1. The first-order valence-corrected chi connectivity index (χ1v) is 8.90. The maximum absolute atomic E-state index is 12.2. The summed E-state index contributed by atoms with van der Waals surface area (Å²) in [4.78, 5) is 12.2. The van der Waals surface area contributed by atoms with Crippen LogP contribution in [0.4, 0.5) is 5.69 Å². The lowest BCUT2D eigenvalue weighted by Crippen LogP contribution is -2.16. The number of aryl methyl sites for hydroxylation is 3. The molecule has 0 radical (unpaired) electrons. The first-order valence-electron chi connectivity index (χ1n) is 7.12. The smallest absolute Gasteiger partial charge is 0.234 e. The molecule has 7 heteroatoms. The van der Waals surface area contributed by atoms with Gasteiger partial charge in [0.25, 0.3) is 0 Å². The third kappa shape index (κ3) is 4.45. The number of hydrogen-bond donors (Lipinski definition) is 1. The van der Waals surface area contributed by atoms with Crippen LogP contribution in [0.1, 0.15) is 17.0 Å². The number of amides is 1. The van der Waals surface area contributed by atoms with Crippen LogP contribution < -0.4 is 5.32 Å². The zero-order valence-corrected chi connectivity index (χ0v) is 15.8. The molecule has 0 saturated heterocycles. The molecule has 0 unspecified atom stereocenters. The van der Waals surface area contributed by atoms with Crippen molar-refractivity contribution < 1.29 is 4.79 Å². The lowest BCUT2D eigenvalue weighted by atomic mass is 10.1. The second kappa shape index (κ2) is 7.79. The fourth-order valence-corrected chi connectivity index (χ4v) is 3.70. The molecule has 1 N–H and O–H groups in total. The molecule has 0 aliphatic carbocycles. The number of nitrogens with one attached hydrogen (secondary N) is 1. The van der Waals surface area contributed by atoms with Gasteiger partial charge in [-0.15, -0.1) is 16.8 Å². The molecule has 0 saturated carbocycles. The van der Waals surface area contributed by atoms with Crippen LogP contribution in [0.2, 0.25) is 0 Å². The number of allylic oxidation sites excluding steroid dienone is 1. The van der Waals surface area contributed by atoms with Gasteiger partial charge in [0.05, 0.1) is 5.75 Å². The van der Waals surface area contributed by atoms with Crippen molar-refractivity contribution >= 4 is 39.3 Å². The van der Waals surface area contributed by atoms with Crippen LogP contribution in [0, 0.1) is 20.8 Å². The van der Waals surface area contributed by atoms with Crippen LogP contribution in [0.5, 0.6) is 0 Å². The molecular weight excluding hydrogens is 376 g/mol. The van der Waals surface area contributed by atoms with Gasteiger partial charge in [0.2, 0.25) is 5.91 Å². The van der Waals surface area contributed by atoms with E-state index in [1.807, 2.05) is 37.5 Å². The molecule has 23 heavy (non-hydrogen) atoms. The monoisotopic (exact) mass is 394 g/mol. The van der Waals surface area contributed by atoms with E-state index >= 15 is 0 Å². The zero-order valence-electron chi connectivity index (χ0n) is 13.4. The minimum Gasteiger partial charge on any atom is -0.325 e. The molecule has 0 atom stereocenters. The van der Waals surface area contributed by atoms with E-state index in [2.05, 4.69) is 38.0 Å². The number of anilines is 1. The van der Waals surface area contributed by atoms with Crippen molar-refractivity contribution in [3.05, 3.63) is 46.2 Å². The maximum atomic E-state index is 12.2. The quantitative estimate of drug-likeness (QED) is 0.596. The normalized spacial score (nSPS) is 10.6. The highest BCUT2D eigenvalue weighted by molar-refractivity contribution is 9.10. The number of nitrogens with zero attached hydrogens (tertiary/aromatic N) is 3. The molecule has 0 aliphatic heterocycles. The van der Waals surface area contributed by atoms with Crippen molar-refractivity contribution in [1.29, 1.82) is 0 Å². The van der Waals surface area contributed by atoms with Gasteiger partial charge in [0.1, 0.15) is 5.82 Å². The third-order valence-electron chi connectivity index (χ3n) is 3.31. The molecule has 0 bridgehead atoms. The Balaban J connectivity index is 2.03. The number of carbonyl (C=O) groups is 1. The highest BCUT2D eigenvalue weighted by Gasteiger charge is 2.13. The summed E-state index contributed by atoms with van der Waals surface area (Å²) in [5.74, 6) is 1.03. The van der Waals surface area contributed by atoms with Gasteiger partial charge in [-0.25, -0.2) is 0 Å². The summed E-state index contributed by atoms with van der Waals surface area (Å²) in [7, 11) is 0. The van der Waals surface area contributed by atoms with Gasteiger partial charge in [-0.3, -0.25) is 4.79 Å². The lowest BCUT2D eigenvalue weighted by molar-refractivity contribution is -0.113. The molecule has 0 aliphatic rings. The van der Waals surface area contributed by atoms with Gasteiger partial charge in [-0.05, 0) is 44.0 Å². The molecule has 5 nitrogen and oxygen atoms in total. The fourth-order valence-electron chi connectivity index (χ4n) is 2.22. The molecule has 1 aromatic heterocycles. The minimum atomic E-state index is -0.0608. The predicted molar refractivity (Wildman–Crippen MR) is 97.9 cm³/mol. The SMILES string of the molecule is C=CCn1c(C)nnc1SCC(=O)Nc1c(C)cc(Br)cc1C. The van der Waals surface area contributed by atoms with Gasteiger partial charge < -0.3 is 9.88 Å². The standard InChI is InChI=1S/C16H19BrN4OS/c1-5-6-21-12(4)19-20-16(21)23-9-14(22)18-15-10(2)7-13(17)8-11(15)3/h5,7-8H,1,6,9H2,2-4H3,(H,18,22). The van der Waals surface area contributed by atoms with Gasteiger partial charge in [0, 0.05) is 16.7 Å². The van der Waals surface area contributed by atoms with E-state index in [4.69, 9.17) is 0 Å².